The van der Waals surface area contributed by atoms with E-state index in [1.165, 1.54) is 11.1 Å². The van der Waals surface area contributed by atoms with Crippen LogP contribution in [0.4, 0.5) is 0 Å². The first-order valence-corrected chi connectivity index (χ1v) is 4.58. The summed E-state index contributed by atoms with van der Waals surface area (Å²) in [4.78, 5) is 0. The molecule has 1 fully saturated rings. The molecule has 2 rings (SSSR count). The Morgan fingerprint density at radius 3 is 2.83 bits per heavy atom. The summed E-state index contributed by atoms with van der Waals surface area (Å²) in [5, 5.41) is 0. The number of hydrogen-bond acceptors (Lipinski definition) is 1. The zero-order valence-electron chi connectivity index (χ0n) is 7.42. The zero-order valence-corrected chi connectivity index (χ0v) is 7.42. The quantitative estimate of drug-likeness (QED) is 0.621. The van der Waals surface area contributed by atoms with Crippen LogP contribution in [0.3, 0.4) is 0 Å². The van der Waals surface area contributed by atoms with Gasteiger partial charge in [-0.2, -0.15) is 0 Å². The number of hydrogen-bond donors (Lipinski definition) is 0. The second-order valence-electron chi connectivity index (χ2n) is 3.33. The second-order valence-corrected chi connectivity index (χ2v) is 3.33. The molecule has 0 bridgehead atoms. The SMILES string of the molecule is CCc1cccc(CC2CO2)c1. The molecule has 0 spiro atoms. The fourth-order valence-corrected chi connectivity index (χ4v) is 1.43. The van der Waals surface area contributed by atoms with Crippen LogP contribution >= 0.6 is 0 Å². The maximum Gasteiger partial charge on any atom is 0.0850 e. The topological polar surface area (TPSA) is 12.5 Å². The average molecular weight is 162 g/mol. The highest BCUT2D eigenvalue weighted by Crippen LogP contribution is 2.16. The molecule has 1 aromatic rings. The maximum atomic E-state index is 5.19. The van der Waals surface area contributed by atoms with Crippen LogP contribution in [0.15, 0.2) is 24.3 Å². The normalized spacial score (nSPS) is 20.9. The molecular weight excluding hydrogens is 148 g/mol. The van der Waals surface area contributed by atoms with Crippen molar-refractivity contribution in [1.29, 1.82) is 0 Å². The summed E-state index contributed by atoms with van der Waals surface area (Å²) in [5.41, 5.74) is 2.84. The lowest BCUT2D eigenvalue weighted by atomic mass is 10.1. The van der Waals surface area contributed by atoms with Gasteiger partial charge < -0.3 is 4.74 Å². The second kappa shape index (κ2) is 3.28. The third-order valence-electron chi connectivity index (χ3n) is 2.27. The van der Waals surface area contributed by atoms with Crippen molar-refractivity contribution in [2.45, 2.75) is 25.9 Å². The molecular formula is C11H14O. The molecule has 0 amide bonds. The van der Waals surface area contributed by atoms with Crippen LogP contribution in [-0.4, -0.2) is 12.7 Å². The van der Waals surface area contributed by atoms with Gasteiger partial charge in [0.1, 0.15) is 0 Å². The van der Waals surface area contributed by atoms with Crippen LogP contribution in [0.1, 0.15) is 18.1 Å². The van der Waals surface area contributed by atoms with E-state index in [1.807, 2.05) is 0 Å². The molecule has 1 aliphatic heterocycles. The molecule has 1 unspecified atom stereocenters. The average Bonchev–Trinajstić information content (AvgIpc) is 2.89. The van der Waals surface area contributed by atoms with Gasteiger partial charge in [-0.25, -0.2) is 0 Å². The first-order valence-electron chi connectivity index (χ1n) is 4.58. The van der Waals surface area contributed by atoms with E-state index < -0.39 is 0 Å². The molecule has 0 radical (unpaired) electrons. The lowest BCUT2D eigenvalue weighted by molar-refractivity contribution is 0.407. The highest BCUT2D eigenvalue weighted by molar-refractivity contribution is 5.24. The van der Waals surface area contributed by atoms with E-state index in [1.54, 1.807) is 0 Å². The lowest BCUT2D eigenvalue weighted by Crippen LogP contribution is -1.93. The predicted octanol–water partition coefficient (Wildman–Crippen LogP) is 2.19. The van der Waals surface area contributed by atoms with Gasteiger partial charge in [-0.05, 0) is 17.5 Å². The standard InChI is InChI=1S/C11H14O/c1-2-9-4-3-5-10(6-9)7-11-8-12-11/h3-6,11H,2,7-8H2,1H3. The summed E-state index contributed by atoms with van der Waals surface area (Å²) >= 11 is 0. The molecule has 0 saturated carbocycles. The van der Waals surface area contributed by atoms with Gasteiger partial charge in [0.25, 0.3) is 0 Å². The number of aryl methyl sites for hydroxylation is 1. The zero-order chi connectivity index (χ0) is 8.39. The summed E-state index contributed by atoms with van der Waals surface area (Å²) in [7, 11) is 0. The highest BCUT2D eigenvalue weighted by atomic mass is 16.6. The van der Waals surface area contributed by atoms with Crippen LogP contribution in [0.2, 0.25) is 0 Å². The first-order chi connectivity index (χ1) is 5.88. The van der Waals surface area contributed by atoms with Crippen molar-refractivity contribution in [1.82, 2.24) is 0 Å². The number of ether oxygens (including phenoxy) is 1. The van der Waals surface area contributed by atoms with Crippen molar-refractivity contribution in [2.75, 3.05) is 6.61 Å². The van der Waals surface area contributed by atoms with E-state index in [9.17, 15) is 0 Å². The van der Waals surface area contributed by atoms with Crippen molar-refractivity contribution in [3.8, 4) is 0 Å². The van der Waals surface area contributed by atoms with Gasteiger partial charge in [0, 0.05) is 6.42 Å². The molecule has 1 nitrogen and oxygen atoms in total. The molecule has 1 aliphatic rings. The van der Waals surface area contributed by atoms with Gasteiger partial charge in [0.05, 0.1) is 12.7 Å². The third kappa shape index (κ3) is 1.86. The van der Waals surface area contributed by atoms with Crippen molar-refractivity contribution in [3.05, 3.63) is 35.4 Å². The predicted molar refractivity (Wildman–Crippen MR) is 49.3 cm³/mol. The summed E-state index contributed by atoms with van der Waals surface area (Å²) in [6.07, 6.45) is 2.73. The van der Waals surface area contributed by atoms with Crippen LogP contribution < -0.4 is 0 Å². The molecule has 1 saturated heterocycles. The smallest absolute Gasteiger partial charge is 0.0850 e. The minimum atomic E-state index is 0.511. The maximum absolute atomic E-state index is 5.19. The Morgan fingerprint density at radius 2 is 2.17 bits per heavy atom. The van der Waals surface area contributed by atoms with Crippen molar-refractivity contribution < 1.29 is 4.74 Å². The van der Waals surface area contributed by atoms with Crippen molar-refractivity contribution >= 4 is 0 Å². The Balaban J connectivity index is 2.08. The third-order valence-corrected chi connectivity index (χ3v) is 2.27. The molecule has 0 aromatic heterocycles. The molecule has 1 heterocycles. The van der Waals surface area contributed by atoms with E-state index in [-0.39, 0.29) is 0 Å². The molecule has 12 heavy (non-hydrogen) atoms. The lowest BCUT2D eigenvalue weighted by Gasteiger charge is -2.00. The van der Waals surface area contributed by atoms with Crippen LogP contribution in [0.25, 0.3) is 0 Å². The van der Waals surface area contributed by atoms with E-state index in [4.69, 9.17) is 4.74 Å². The van der Waals surface area contributed by atoms with Crippen molar-refractivity contribution in [3.63, 3.8) is 0 Å². The van der Waals surface area contributed by atoms with Gasteiger partial charge >= 0.3 is 0 Å². The molecule has 0 aliphatic carbocycles. The summed E-state index contributed by atoms with van der Waals surface area (Å²) < 4.78 is 5.19. The van der Waals surface area contributed by atoms with Crippen LogP contribution in [0.5, 0.6) is 0 Å². The minimum Gasteiger partial charge on any atom is -0.373 e. The molecule has 1 aromatic carbocycles. The Hall–Kier alpha value is -0.820. The van der Waals surface area contributed by atoms with E-state index in [0.717, 1.165) is 19.4 Å². The number of rotatable bonds is 3. The van der Waals surface area contributed by atoms with E-state index in [0.29, 0.717) is 6.10 Å². The van der Waals surface area contributed by atoms with Crippen molar-refractivity contribution in [2.24, 2.45) is 0 Å². The number of benzene rings is 1. The number of epoxide rings is 1. The van der Waals surface area contributed by atoms with E-state index >= 15 is 0 Å². The summed E-state index contributed by atoms with van der Waals surface area (Å²) in [5.74, 6) is 0. The minimum absolute atomic E-state index is 0.511. The first kappa shape index (κ1) is 7.81. The Morgan fingerprint density at radius 1 is 1.42 bits per heavy atom. The van der Waals surface area contributed by atoms with Gasteiger partial charge in [-0.3, -0.25) is 0 Å². The Bertz CT molecular complexity index is 263. The fraction of sp³-hybridized carbons (Fsp3) is 0.455. The highest BCUT2D eigenvalue weighted by Gasteiger charge is 2.22. The monoisotopic (exact) mass is 162 g/mol. The van der Waals surface area contributed by atoms with Crippen LogP contribution in [0, 0.1) is 0 Å². The van der Waals surface area contributed by atoms with E-state index in [2.05, 4.69) is 31.2 Å². The van der Waals surface area contributed by atoms with Gasteiger partial charge in [-0.1, -0.05) is 31.2 Å². The van der Waals surface area contributed by atoms with Gasteiger partial charge in [-0.15, -0.1) is 0 Å². The molecule has 0 N–H and O–H groups in total. The Labute approximate surface area is 73.4 Å². The molecule has 64 valence electrons. The summed E-state index contributed by atoms with van der Waals surface area (Å²) in [6, 6.07) is 8.77. The van der Waals surface area contributed by atoms with Gasteiger partial charge in [0.15, 0.2) is 0 Å². The fourth-order valence-electron chi connectivity index (χ4n) is 1.43. The van der Waals surface area contributed by atoms with Gasteiger partial charge in [0.2, 0.25) is 0 Å². The Kier molecular flexibility index (Phi) is 2.13. The summed E-state index contributed by atoms with van der Waals surface area (Å²) in [6.45, 7) is 3.14. The molecule has 1 atom stereocenters. The van der Waals surface area contributed by atoms with Crippen LogP contribution in [-0.2, 0) is 17.6 Å². The molecule has 1 heteroatoms. The largest absolute Gasteiger partial charge is 0.373 e.